The van der Waals surface area contributed by atoms with E-state index in [4.69, 9.17) is 49.0 Å². The highest BCUT2D eigenvalue weighted by atomic mass is 35.6. The Labute approximate surface area is 301 Å². The summed E-state index contributed by atoms with van der Waals surface area (Å²) in [7, 11) is 0. The fourth-order valence-electron chi connectivity index (χ4n) is 5.16. The minimum absolute atomic E-state index is 0.0394. The second-order valence-corrected chi connectivity index (χ2v) is 15.6. The van der Waals surface area contributed by atoms with Crippen molar-refractivity contribution in [3.8, 4) is 0 Å². The van der Waals surface area contributed by atoms with Crippen molar-refractivity contribution in [1.82, 2.24) is 5.32 Å². The van der Waals surface area contributed by atoms with E-state index in [2.05, 4.69) is 19.2 Å². The van der Waals surface area contributed by atoms with E-state index in [9.17, 15) is 19.5 Å². The lowest BCUT2D eigenvalue weighted by Crippen LogP contribution is -2.44. The fraction of sp³-hybridized carbons (Fsp3) is 0.917. The molecule has 2 atom stereocenters. The number of hydrogen-bond donors (Lipinski definition) is 2. The van der Waals surface area contributed by atoms with Gasteiger partial charge >= 0.3 is 12.1 Å². The average Bonchev–Trinajstić information content (AvgIpc) is 3.00. The van der Waals surface area contributed by atoms with Gasteiger partial charge in [-0.2, -0.15) is 0 Å². The van der Waals surface area contributed by atoms with Crippen LogP contribution in [0.3, 0.4) is 0 Å². The second-order valence-electron chi connectivity index (χ2n) is 13.3. The molecule has 0 aliphatic rings. The summed E-state index contributed by atoms with van der Waals surface area (Å²) in [4.78, 5) is 37.7. The highest BCUT2D eigenvalue weighted by Gasteiger charge is 2.44. The molecule has 278 valence electrons. The molecule has 0 aliphatic carbocycles. The highest BCUT2D eigenvalue weighted by Crippen LogP contribution is 2.40. The van der Waals surface area contributed by atoms with Crippen LogP contribution in [0, 0.1) is 0 Å². The maximum absolute atomic E-state index is 12.9. The summed E-state index contributed by atoms with van der Waals surface area (Å²) < 4.78 is 14.0. The molecule has 47 heavy (non-hydrogen) atoms. The molecular formula is C36H66Cl3NO7. The van der Waals surface area contributed by atoms with E-state index in [1.807, 2.05) is 0 Å². The van der Waals surface area contributed by atoms with Crippen LogP contribution in [-0.4, -0.2) is 57.9 Å². The number of rotatable bonds is 30. The molecule has 0 aliphatic heterocycles. The molecule has 0 spiro atoms. The number of nitrogens with one attached hydrogen (secondary N) is 1. The Morgan fingerprint density at radius 1 is 0.702 bits per heavy atom. The molecule has 11 heteroatoms. The van der Waals surface area contributed by atoms with E-state index in [1.54, 1.807) is 0 Å². The Hall–Kier alpha value is -0.960. The zero-order valence-corrected chi connectivity index (χ0v) is 32.1. The number of ether oxygens (including phenoxy) is 3. The first-order valence-electron chi connectivity index (χ1n) is 18.4. The van der Waals surface area contributed by atoms with Gasteiger partial charge in [0.25, 0.3) is 0 Å². The van der Waals surface area contributed by atoms with Gasteiger partial charge in [-0.1, -0.05) is 164 Å². The monoisotopic (exact) mass is 729 g/mol. The maximum Gasteiger partial charge on any atom is 0.509 e. The summed E-state index contributed by atoms with van der Waals surface area (Å²) >= 11 is 17.5. The number of halogens is 3. The molecule has 0 heterocycles. The van der Waals surface area contributed by atoms with Crippen molar-refractivity contribution in [2.24, 2.45) is 0 Å². The first-order valence-corrected chi connectivity index (χ1v) is 19.5. The number of hydrogen-bond acceptors (Lipinski definition) is 7. The van der Waals surface area contributed by atoms with Crippen LogP contribution in [0.4, 0.5) is 4.79 Å². The highest BCUT2D eigenvalue weighted by molar-refractivity contribution is 6.68. The van der Waals surface area contributed by atoms with Crippen LogP contribution in [0.5, 0.6) is 0 Å². The maximum atomic E-state index is 12.9. The van der Waals surface area contributed by atoms with E-state index in [0.29, 0.717) is 12.8 Å². The third-order valence-corrected chi connectivity index (χ3v) is 9.70. The number of esters is 1. The molecule has 0 rings (SSSR count). The Kier molecular flexibility index (Phi) is 28.2. The van der Waals surface area contributed by atoms with Crippen LogP contribution in [0.15, 0.2) is 0 Å². The second kappa shape index (κ2) is 28.8. The lowest BCUT2D eigenvalue weighted by Gasteiger charge is -2.31. The largest absolute Gasteiger partial charge is 0.509 e. The van der Waals surface area contributed by atoms with E-state index >= 15 is 0 Å². The van der Waals surface area contributed by atoms with Gasteiger partial charge in [0.2, 0.25) is 9.70 Å². The molecule has 0 aromatic rings. The topological polar surface area (TPSA) is 111 Å². The van der Waals surface area contributed by atoms with Gasteiger partial charge in [-0.05, 0) is 33.1 Å². The van der Waals surface area contributed by atoms with Crippen molar-refractivity contribution in [3.05, 3.63) is 0 Å². The molecule has 0 fully saturated rings. The van der Waals surface area contributed by atoms with E-state index < -0.39 is 40.2 Å². The molecule has 2 N–H and O–H groups in total. The van der Waals surface area contributed by atoms with Gasteiger partial charge in [0.05, 0.1) is 19.1 Å². The van der Waals surface area contributed by atoms with Crippen molar-refractivity contribution in [2.45, 2.75) is 197 Å². The van der Waals surface area contributed by atoms with Crippen molar-refractivity contribution < 1.29 is 33.7 Å². The molecular weight excluding hydrogens is 665 g/mol. The van der Waals surface area contributed by atoms with Gasteiger partial charge in [0, 0.05) is 6.42 Å². The first kappa shape index (κ1) is 46.0. The van der Waals surface area contributed by atoms with Crippen molar-refractivity contribution >= 4 is 52.8 Å². The molecule has 1 amide bonds. The van der Waals surface area contributed by atoms with Gasteiger partial charge in [-0.25, -0.2) is 4.79 Å². The van der Waals surface area contributed by atoms with Crippen LogP contribution < -0.4 is 5.32 Å². The molecule has 0 saturated heterocycles. The summed E-state index contributed by atoms with van der Waals surface area (Å²) in [5.74, 6) is -0.693. The summed E-state index contributed by atoms with van der Waals surface area (Å²) in [5.41, 5.74) is -1.47. The van der Waals surface area contributed by atoms with E-state index in [0.717, 1.165) is 38.5 Å². The van der Waals surface area contributed by atoms with Crippen LogP contribution in [0.2, 0.25) is 0 Å². The molecule has 0 bridgehead atoms. The number of aliphatic hydroxyl groups excluding tert-OH is 1. The molecule has 2 unspecified atom stereocenters. The zero-order valence-electron chi connectivity index (χ0n) is 29.9. The van der Waals surface area contributed by atoms with E-state index in [-0.39, 0.29) is 19.0 Å². The predicted molar refractivity (Wildman–Crippen MR) is 193 cm³/mol. The minimum Gasteiger partial charge on any atom is -0.462 e. The van der Waals surface area contributed by atoms with Gasteiger partial charge in [-0.15, -0.1) is 0 Å². The van der Waals surface area contributed by atoms with Crippen molar-refractivity contribution in [2.75, 3.05) is 13.2 Å². The number of amides is 1. The van der Waals surface area contributed by atoms with Crippen LogP contribution in [0.25, 0.3) is 0 Å². The number of carbonyl (C=O) groups excluding carboxylic acids is 3. The smallest absolute Gasteiger partial charge is 0.462 e. The molecule has 0 aromatic heterocycles. The number of alkyl halides is 3. The number of unbranched alkanes of at least 4 members (excludes halogenated alkanes) is 18. The van der Waals surface area contributed by atoms with Gasteiger partial charge in [0.1, 0.15) is 12.7 Å². The van der Waals surface area contributed by atoms with Gasteiger partial charge < -0.3 is 24.6 Å². The average molecular weight is 731 g/mol. The Bertz CT molecular complexity index is 808. The zero-order chi connectivity index (χ0) is 35.4. The Morgan fingerprint density at radius 2 is 1.15 bits per heavy atom. The molecule has 0 aromatic carbocycles. The summed E-state index contributed by atoms with van der Waals surface area (Å²) in [6, 6.07) is -0.883. The normalized spacial score (nSPS) is 13.2. The Morgan fingerprint density at radius 3 is 1.60 bits per heavy atom. The number of aliphatic hydroxyl groups is 1. The summed E-state index contributed by atoms with van der Waals surface area (Å²) in [5, 5.41) is 12.4. The van der Waals surface area contributed by atoms with Crippen LogP contribution >= 0.6 is 34.8 Å². The third kappa shape index (κ3) is 26.6. The summed E-state index contributed by atoms with van der Waals surface area (Å²) in [6.07, 6.45) is 22.9. The Balaban J connectivity index is 4.71. The molecule has 0 radical (unpaired) electrons. The summed E-state index contributed by atoms with van der Waals surface area (Å²) in [6.45, 7) is 6.46. The lowest BCUT2D eigenvalue weighted by atomic mass is 10.0. The third-order valence-electron chi connectivity index (χ3n) is 8.33. The molecule has 8 nitrogen and oxygen atoms in total. The van der Waals surface area contributed by atoms with Gasteiger partial charge in [-0.3, -0.25) is 9.59 Å². The van der Waals surface area contributed by atoms with E-state index in [1.165, 1.54) is 104 Å². The minimum atomic E-state index is -1.88. The molecule has 0 saturated carbocycles. The first-order chi connectivity index (χ1) is 22.4. The fourth-order valence-corrected chi connectivity index (χ4v) is 5.28. The van der Waals surface area contributed by atoms with Crippen molar-refractivity contribution in [3.63, 3.8) is 0 Å². The lowest BCUT2D eigenvalue weighted by molar-refractivity contribution is -0.151. The van der Waals surface area contributed by atoms with Crippen LogP contribution in [-0.2, 0) is 23.8 Å². The predicted octanol–water partition coefficient (Wildman–Crippen LogP) is 10.7. The standard InChI is InChI=1S/C36H66Cl3NO7/c1-5-7-9-11-13-15-16-18-20-22-24-26-33(43)46-31(25-23-21-19-17-14-12-10-8-6-2)27-32(42)40-30(28-41)29-45-34(44)47-35(3,4)36(37,38)39/h30-31,41H,5-29H2,1-4H3,(H,40,42). The quantitative estimate of drug-likeness (QED) is 0.0430. The SMILES string of the molecule is CCCCCCCCCCCCCC(=O)OC(CCCCCCCCCCC)CC(=O)NC(CO)COC(=O)OC(C)(C)C(Cl)(Cl)Cl. The van der Waals surface area contributed by atoms with Crippen molar-refractivity contribution in [1.29, 1.82) is 0 Å². The van der Waals surface area contributed by atoms with Gasteiger partial charge in [0.15, 0.2) is 5.60 Å². The van der Waals surface area contributed by atoms with Crippen LogP contribution in [0.1, 0.15) is 175 Å². The number of carbonyl (C=O) groups is 3.